The molecule has 0 bridgehead atoms. The Morgan fingerprint density at radius 1 is 1.17 bits per heavy atom. The number of hydrazone groups is 1. The molecular formula is C18H14N2O4. The van der Waals surface area contributed by atoms with Crippen LogP contribution in [-0.4, -0.2) is 27.8 Å². The third-order valence-electron chi connectivity index (χ3n) is 3.63. The lowest BCUT2D eigenvalue weighted by Crippen LogP contribution is -2.21. The summed E-state index contributed by atoms with van der Waals surface area (Å²) >= 11 is 0. The second kappa shape index (κ2) is 6.00. The van der Waals surface area contributed by atoms with Crippen LogP contribution in [0.2, 0.25) is 0 Å². The smallest absolute Gasteiger partial charge is 0.339 e. The number of aromatic carboxylic acids is 1. The molecule has 0 spiro atoms. The zero-order valence-electron chi connectivity index (χ0n) is 12.8. The van der Waals surface area contributed by atoms with Crippen LogP contribution >= 0.6 is 0 Å². The summed E-state index contributed by atoms with van der Waals surface area (Å²) in [4.78, 5) is 23.7. The van der Waals surface area contributed by atoms with E-state index in [9.17, 15) is 14.7 Å². The number of benzene rings is 2. The second-order valence-electron chi connectivity index (χ2n) is 5.28. The Bertz CT molecular complexity index is 885. The maximum atomic E-state index is 12.6. The number of carbonyl (C=O) groups is 2. The number of carbonyl (C=O) groups excluding carboxylic acids is 1. The molecule has 1 aliphatic heterocycles. The Morgan fingerprint density at radius 2 is 1.88 bits per heavy atom. The van der Waals surface area contributed by atoms with Gasteiger partial charge in [0.2, 0.25) is 0 Å². The zero-order valence-corrected chi connectivity index (χ0v) is 12.8. The first-order chi connectivity index (χ1) is 11.5. The van der Waals surface area contributed by atoms with E-state index in [0.717, 1.165) is 0 Å². The lowest BCUT2D eigenvalue weighted by Gasteiger charge is -2.11. The van der Waals surface area contributed by atoms with E-state index < -0.39 is 5.97 Å². The van der Waals surface area contributed by atoms with Crippen LogP contribution in [0.3, 0.4) is 0 Å². The van der Waals surface area contributed by atoms with Crippen LogP contribution in [0.4, 0.5) is 5.69 Å². The van der Waals surface area contributed by atoms with Crippen molar-refractivity contribution >= 4 is 29.4 Å². The summed E-state index contributed by atoms with van der Waals surface area (Å²) in [5, 5.41) is 24.2. The van der Waals surface area contributed by atoms with Gasteiger partial charge in [0.05, 0.1) is 17.0 Å². The van der Waals surface area contributed by atoms with Crippen LogP contribution in [0.25, 0.3) is 6.08 Å². The number of hydrogen-bond donors (Lipinski definition) is 2. The first kappa shape index (κ1) is 15.5. The predicted octanol–water partition coefficient (Wildman–Crippen LogP) is 2.90. The summed E-state index contributed by atoms with van der Waals surface area (Å²) < 4.78 is 0. The highest BCUT2D eigenvalue weighted by molar-refractivity contribution is 6.32. The van der Waals surface area contributed by atoms with E-state index in [-0.39, 0.29) is 17.2 Å². The normalized spacial score (nSPS) is 15.7. The SMILES string of the molecule is CC1=NN(c2ccccc2)C(=O)/C1=C/c1ccc(O)c(C(=O)O)c1. The molecule has 0 saturated heterocycles. The number of para-hydroxylation sites is 1. The highest BCUT2D eigenvalue weighted by atomic mass is 16.4. The van der Waals surface area contributed by atoms with Gasteiger partial charge in [-0.05, 0) is 42.8 Å². The molecule has 2 aromatic carbocycles. The summed E-state index contributed by atoms with van der Waals surface area (Å²) in [7, 11) is 0. The van der Waals surface area contributed by atoms with Crippen LogP contribution in [-0.2, 0) is 4.79 Å². The molecule has 0 unspecified atom stereocenters. The van der Waals surface area contributed by atoms with E-state index in [1.54, 1.807) is 31.2 Å². The van der Waals surface area contributed by atoms with Gasteiger partial charge in [0.1, 0.15) is 11.3 Å². The van der Waals surface area contributed by atoms with Gasteiger partial charge in [-0.25, -0.2) is 4.79 Å². The van der Waals surface area contributed by atoms with Gasteiger partial charge in [-0.1, -0.05) is 24.3 Å². The lowest BCUT2D eigenvalue weighted by molar-refractivity contribution is -0.114. The number of aromatic hydroxyl groups is 1. The molecule has 1 amide bonds. The minimum atomic E-state index is -1.23. The largest absolute Gasteiger partial charge is 0.507 e. The molecular weight excluding hydrogens is 308 g/mol. The van der Waals surface area contributed by atoms with Crippen molar-refractivity contribution in [3.63, 3.8) is 0 Å². The fourth-order valence-corrected chi connectivity index (χ4v) is 2.41. The van der Waals surface area contributed by atoms with Gasteiger partial charge in [-0.15, -0.1) is 0 Å². The molecule has 24 heavy (non-hydrogen) atoms. The van der Waals surface area contributed by atoms with Crippen LogP contribution in [0, 0.1) is 0 Å². The number of anilines is 1. The average molecular weight is 322 g/mol. The summed E-state index contributed by atoms with van der Waals surface area (Å²) in [6.07, 6.45) is 1.57. The molecule has 0 radical (unpaired) electrons. The maximum absolute atomic E-state index is 12.6. The number of amides is 1. The molecule has 0 fully saturated rings. The first-order valence-corrected chi connectivity index (χ1v) is 7.20. The lowest BCUT2D eigenvalue weighted by atomic mass is 10.0. The highest BCUT2D eigenvalue weighted by Gasteiger charge is 2.28. The first-order valence-electron chi connectivity index (χ1n) is 7.20. The summed E-state index contributed by atoms with van der Waals surface area (Å²) in [6.45, 7) is 1.71. The van der Waals surface area contributed by atoms with Crippen molar-refractivity contribution in [2.45, 2.75) is 6.92 Å². The fraction of sp³-hybridized carbons (Fsp3) is 0.0556. The number of phenols is 1. The van der Waals surface area contributed by atoms with Gasteiger partial charge >= 0.3 is 5.97 Å². The van der Waals surface area contributed by atoms with Crippen molar-refractivity contribution < 1.29 is 19.8 Å². The Balaban J connectivity index is 1.97. The van der Waals surface area contributed by atoms with E-state index in [2.05, 4.69) is 5.10 Å². The van der Waals surface area contributed by atoms with Gasteiger partial charge in [0.15, 0.2) is 0 Å². The fourth-order valence-electron chi connectivity index (χ4n) is 2.41. The monoisotopic (exact) mass is 322 g/mol. The molecule has 6 nitrogen and oxygen atoms in total. The third kappa shape index (κ3) is 2.77. The zero-order chi connectivity index (χ0) is 17.3. The van der Waals surface area contributed by atoms with E-state index in [1.165, 1.54) is 17.1 Å². The van der Waals surface area contributed by atoms with E-state index in [0.29, 0.717) is 22.5 Å². The van der Waals surface area contributed by atoms with Gasteiger partial charge in [-0.2, -0.15) is 10.1 Å². The molecule has 0 saturated carbocycles. The van der Waals surface area contributed by atoms with Crippen LogP contribution in [0.15, 0.2) is 59.2 Å². The molecule has 1 heterocycles. The van der Waals surface area contributed by atoms with Gasteiger partial charge in [0, 0.05) is 0 Å². The molecule has 2 N–H and O–H groups in total. The topological polar surface area (TPSA) is 90.2 Å². The van der Waals surface area contributed by atoms with Crippen molar-refractivity contribution in [2.24, 2.45) is 5.10 Å². The summed E-state index contributed by atoms with van der Waals surface area (Å²) in [5.41, 5.74) is 1.85. The summed E-state index contributed by atoms with van der Waals surface area (Å²) in [5.74, 6) is -1.84. The standard InChI is InChI=1S/C18H14N2O4/c1-11-14(9-12-7-8-16(21)15(10-12)18(23)24)17(22)20(19-11)13-5-3-2-4-6-13/h2-10,21H,1H3,(H,23,24)/b14-9+. The Labute approximate surface area is 138 Å². The van der Waals surface area contributed by atoms with Gasteiger partial charge in [-0.3, -0.25) is 4.79 Å². The van der Waals surface area contributed by atoms with Crippen LogP contribution in [0.1, 0.15) is 22.8 Å². The molecule has 0 atom stereocenters. The third-order valence-corrected chi connectivity index (χ3v) is 3.63. The minimum absolute atomic E-state index is 0.218. The van der Waals surface area contributed by atoms with E-state index in [4.69, 9.17) is 5.11 Å². The van der Waals surface area contributed by atoms with Gasteiger partial charge in [0.25, 0.3) is 5.91 Å². The van der Waals surface area contributed by atoms with Crippen LogP contribution in [0.5, 0.6) is 5.75 Å². The second-order valence-corrected chi connectivity index (χ2v) is 5.28. The Hall–Kier alpha value is -3.41. The number of carboxylic acid groups (broad SMARTS) is 1. The Kier molecular flexibility index (Phi) is 3.87. The quantitative estimate of drug-likeness (QED) is 0.850. The summed E-state index contributed by atoms with van der Waals surface area (Å²) in [6, 6.07) is 13.2. The Morgan fingerprint density at radius 3 is 2.54 bits per heavy atom. The van der Waals surface area contributed by atoms with E-state index in [1.807, 2.05) is 18.2 Å². The number of carboxylic acids is 1. The average Bonchev–Trinajstić information content (AvgIpc) is 2.85. The van der Waals surface area contributed by atoms with Gasteiger partial charge < -0.3 is 10.2 Å². The van der Waals surface area contributed by atoms with Crippen molar-refractivity contribution in [3.8, 4) is 5.75 Å². The molecule has 2 aromatic rings. The van der Waals surface area contributed by atoms with Crippen molar-refractivity contribution in [2.75, 3.05) is 5.01 Å². The molecule has 0 aromatic heterocycles. The molecule has 1 aliphatic rings. The molecule has 120 valence electrons. The van der Waals surface area contributed by atoms with Crippen molar-refractivity contribution in [1.82, 2.24) is 0 Å². The predicted molar refractivity (Wildman–Crippen MR) is 90.1 cm³/mol. The number of hydrogen-bond acceptors (Lipinski definition) is 4. The van der Waals surface area contributed by atoms with Crippen molar-refractivity contribution in [1.29, 1.82) is 0 Å². The highest BCUT2D eigenvalue weighted by Crippen LogP contribution is 2.26. The molecule has 6 heteroatoms. The molecule has 0 aliphatic carbocycles. The number of nitrogens with zero attached hydrogens (tertiary/aromatic N) is 2. The number of rotatable bonds is 3. The van der Waals surface area contributed by atoms with E-state index >= 15 is 0 Å². The maximum Gasteiger partial charge on any atom is 0.339 e. The molecule has 3 rings (SSSR count). The van der Waals surface area contributed by atoms with Crippen LogP contribution < -0.4 is 5.01 Å². The minimum Gasteiger partial charge on any atom is -0.507 e. The van der Waals surface area contributed by atoms with Crippen molar-refractivity contribution in [3.05, 3.63) is 65.2 Å².